The molecule has 5 heavy (non-hydrogen) atoms. The molecule has 0 aromatic heterocycles. The zero-order chi connectivity index (χ0) is 2.12. The second-order valence-electron chi connectivity index (χ2n) is 1.06. The van der Waals surface area contributed by atoms with E-state index in [9.17, 15) is 0 Å². The van der Waals surface area contributed by atoms with Crippen LogP contribution in [0.25, 0.3) is 0 Å². The standard InChI is InChI=1S/C3H6.BrH.ClH/c1-2-3-1;;/h1-3H2;2*1H. The first-order valence-electron chi connectivity index (χ1n) is 1.50. The maximum Gasteiger partial charge on any atom is -0.0533 e. The Morgan fingerprint density at radius 1 is 0.800 bits per heavy atom. The summed E-state index contributed by atoms with van der Waals surface area (Å²) in [4.78, 5) is 0. The molecule has 0 nitrogen and oxygen atoms in total. The SMILES string of the molecule is Br.C1CC1.Cl. The van der Waals surface area contributed by atoms with Gasteiger partial charge in [-0.25, -0.2) is 0 Å². The summed E-state index contributed by atoms with van der Waals surface area (Å²) in [7, 11) is 0. The molecule has 0 aliphatic heterocycles. The molecule has 0 bridgehead atoms. The van der Waals surface area contributed by atoms with E-state index in [0.717, 1.165) is 0 Å². The van der Waals surface area contributed by atoms with E-state index in [4.69, 9.17) is 0 Å². The van der Waals surface area contributed by atoms with E-state index in [1.165, 1.54) is 19.3 Å². The van der Waals surface area contributed by atoms with Crippen LogP contribution in [0.1, 0.15) is 19.3 Å². The summed E-state index contributed by atoms with van der Waals surface area (Å²) < 4.78 is 0. The van der Waals surface area contributed by atoms with Gasteiger partial charge in [0.15, 0.2) is 0 Å². The van der Waals surface area contributed by atoms with Crippen LogP contribution in [-0.2, 0) is 0 Å². The summed E-state index contributed by atoms with van der Waals surface area (Å²) in [5, 5.41) is 0. The summed E-state index contributed by atoms with van der Waals surface area (Å²) in [5.41, 5.74) is 0. The van der Waals surface area contributed by atoms with Gasteiger partial charge in [0, 0.05) is 0 Å². The predicted octanol–water partition coefficient (Wildman–Crippen LogP) is 2.17. The van der Waals surface area contributed by atoms with Gasteiger partial charge in [0.05, 0.1) is 0 Å². The topological polar surface area (TPSA) is 0 Å². The van der Waals surface area contributed by atoms with Crippen LogP contribution in [0.2, 0.25) is 0 Å². The third-order valence-corrected chi connectivity index (χ3v) is 0.354. The lowest BCUT2D eigenvalue weighted by molar-refractivity contribution is 1.50. The lowest BCUT2D eigenvalue weighted by atomic mass is 11.0. The summed E-state index contributed by atoms with van der Waals surface area (Å²) >= 11 is 0. The highest BCUT2D eigenvalue weighted by Crippen LogP contribution is 2.14. The van der Waals surface area contributed by atoms with Gasteiger partial charge in [0.1, 0.15) is 0 Å². The maximum atomic E-state index is 1.50. The first kappa shape index (κ1) is 9.24. The molecule has 1 aliphatic carbocycles. The minimum atomic E-state index is 0. The molecule has 0 aromatic carbocycles. The van der Waals surface area contributed by atoms with Crippen LogP contribution >= 0.6 is 29.4 Å². The highest BCUT2D eigenvalue weighted by Gasteiger charge is 1.95. The van der Waals surface area contributed by atoms with Crippen molar-refractivity contribution in [2.24, 2.45) is 0 Å². The van der Waals surface area contributed by atoms with Crippen molar-refractivity contribution in [3.8, 4) is 0 Å². The molecule has 1 fully saturated rings. The Morgan fingerprint density at radius 3 is 1.00 bits per heavy atom. The van der Waals surface area contributed by atoms with Crippen molar-refractivity contribution >= 4 is 29.4 Å². The zero-order valence-corrected chi connectivity index (χ0v) is 5.47. The minimum Gasteiger partial charge on any atom is -0.147 e. The molecule has 0 amide bonds. The molecule has 34 valence electrons. The Morgan fingerprint density at radius 2 is 1.00 bits per heavy atom. The fourth-order valence-corrected chi connectivity index (χ4v) is 0. The van der Waals surface area contributed by atoms with E-state index in [0.29, 0.717) is 0 Å². The predicted molar refractivity (Wildman–Crippen MR) is 31.4 cm³/mol. The molecule has 0 saturated heterocycles. The highest BCUT2D eigenvalue weighted by molar-refractivity contribution is 8.93. The van der Waals surface area contributed by atoms with Crippen LogP contribution in [0.3, 0.4) is 0 Å². The van der Waals surface area contributed by atoms with E-state index in [-0.39, 0.29) is 29.4 Å². The monoisotopic (exact) mass is 158 g/mol. The molecular weight excluding hydrogens is 151 g/mol. The van der Waals surface area contributed by atoms with Crippen LogP contribution in [0.4, 0.5) is 0 Å². The first-order chi connectivity index (χ1) is 1.50. The number of hydrogen-bond donors (Lipinski definition) is 0. The molecule has 0 heterocycles. The lowest BCUT2D eigenvalue weighted by Crippen LogP contribution is -0.856. The molecule has 1 aliphatic rings. The van der Waals surface area contributed by atoms with E-state index in [1.807, 2.05) is 0 Å². The van der Waals surface area contributed by atoms with Crippen molar-refractivity contribution in [3.05, 3.63) is 0 Å². The molecular formula is C3H8BrCl. The van der Waals surface area contributed by atoms with Gasteiger partial charge >= 0.3 is 0 Å². The van der Waals surface area contributed by atoms with Gasteiger partial charge in [-0.15, -0.1) is 29.4 Å². The van der Waals surface area contributed by atoms with Crippen LogP contribution < -0.4 is 0 Å². The van der Waals surface area contributed by atoms with Gasteiger partial charge in [-0.05, 0) is 0 Å². The summed E-state index contributed by atoms with van der Waals surface area (Å²) in [6.45, 7) is 0. The van der Waals surface area contributed by atoms with Gasteiger partial charge in [-0.3, -0.25) is 0 Å². The molecule has 1 saturated carbocycles. The minimum absolute atomic E-state index is 0. The Bertz CT molecular complexity index is 11.6. The second kappa shape index (κ2) is 4.77. The average molecular weight is 159 g/mol. The van der Waals surface area contributed by atoms with E-state index < -0.39 is 0 Å². The Kier molecular flexibility index (Phi) is 8.81. The molecule has 0 aromatic rings. The smallest absolute Gasteiger partial charge is 0.0533 e. The van der Waals surface area contributed by atoms with Gasteiger partial charge < -0.3 is 0 Å². The van der Waals surface area contributed by atoms with Crippen LogP contribution in [0.15, 0.2) is 0 Å². The molecule has 0 N–H and O–H groups in total. The summed E-state index contributed by atoms with van der Waals surface area (Å²) in [5.74, 6) is 0. The number of rotatable bonds is 0. The quantitative estimate of drug-likeness (QED) is 0.508. The van der Waals surface area contributed by atoms with Gasteiger partial charge in [-0.2, -0.15) is 0 Å². The van der Waals surface area contributed by atoms with Gasteiger partial charge in [0.25, 0.3) is 0 Å². The number of hydrogen-bond acceptors (Lipinski definition) is 0. The zero-order valence-electron chi connectivity index (χ0n) is 2.94. The van der Waals surface area contributed by atoms with Crippen molar-refractivity contribution < 1.29 is 0 Å². The maximum absolute atomic E-state index is 1.50. The van der Waals surface area contributed by atoms with Gasteiger partial charge in [-0.1, -0.05) is 19.3 Å². The fraction of sp³-hybridized carbons (Fsp3) is 1.00. The van der Waals surface area contributed by atoms with E-state index >= 15 is 0 Å². The second-order valence-corrected chi connectivity index (χ2v) is 1.06. The van der Waals surface area contributed by atoms with Crippen LogP contribution in [0.5, 0.6) is 0 Å². The molecule has 2 heteroatoms. The molecule has 1 rings (SSSR count). The summed E-state index contributed by atoms with van der Waals surface area (Å²) in [6, 6.07) is 0. The molecule has 0 unspecified atom stereocenters. The lowest BCUT2D eigenvalue weighted by Gasteiger charge is -1.05. The van der Waals surface area contributed by atoms with Crippen molar-refractivity contribution in [2.45, 2.75) is 19.3 Å². The van der Waals surface area contributed by atoms with Crippen molar-refractivity contribution in [1.29, 1.82) is 0 Å². The van der Waals surface area contributed by atoms with E-state index in [2.05, 4.69) is 0 Å². The summed E-state index contributed by atoms with van der Waals surface area (Å²) in [6.07, 6.45) is 4.50. The van der Waals surface area contributed by atoms with Crippen LogP contribution in [0, 0.1) is 0 Å². The molecule has 0 atom stereocenters. The number of halogens is 2. The molecule has 0 spiro atoms. The largest absolute Gasteiger partial charge is 0.147 e. The first-order valence-corrected chi connectivity index (χ1v) is 1.50. The highest BCUT2D eigenvalue weighted by atomic mass is 79.9. The van der Waals surface area contributed by atoms with Crippen molar-refractivity contribution in [1.82, 2.24) is 0 Å². The Labute approximate surface area is 49.1 Å². The van der Waals surface area contributed by atoms with Crippen LogP contribution in [-0.4, -0.2) is 0 Å². The Balaban J connectivity index is 0. The third-order valence-electron chi connectivity index (χ3n) is 0.354. The van der Waals surface area contributed by atoms with Crippen molar-refractivity contribution in [3.63, 3.8) is 0 Å². The van der Waals surface area contributed by atoms with Gasteiger partial charge in [0.2, 0.25) is 0 Å². The van der Waals surface area contributed by atoms with Crippen molar-refractivity contribution in [2.75, 3.05) is 0 Å². The molecule has 0 radical (unpaired) electrons. The average Bonchev–Trinajstić information content (AvgIpc) is 1.46. The Hall–Kier alpha value is 0.770. The third kappa shape index (κ3) is 11.7. The van der Waals surface area contributed by atoms with E-state index in [1.54, 1.807) is 0 Å². The fourth-order valence-electron chi connectivity index (χ4n) is 0. The normalized spacial score (nSPS) is 14.4.